The van der Waals surface area contributed by atoms with Crippen molar-refractivity contribution in [2.24, 2.45) is 5.73 Å². The first-order valence-electron chi connectivity index (χ1n) is 10.3. The van der Waals surface area contributed by atoms with E-state index >= 15 is 0 Å². The van der Waals surface area contributed by atoms with Gasteiger partial charge >= 0.3 is 0 Å². The van der Waals surface area contributed by atoms with Crippen molar-refractivity contribution < 1.29 is 4.39 Å². The highest BCUT2D eigenvalue weighted by Gasteiger charge is 2.19. The molecule has 0 spiro atoms. The van der Waals surface area contributed by atoms with E-state index in [1.165, 1.54) is 17.7 Å². The molecule has 0 amide bonds. The number of rotatable bonds is 6. The number of H-pyrrole nitrogens is 1. The summed E-state index contributed by atoms with van der Waals surface area (Å²) < 4.78 is 15.7. The number of nitrogens with two attached hydrogens (primary N) is 1. The molecule has 3 N–H and O–H groups in total. The Morgan fingerprint density at radius 3 is 2.48 bits per heavy atom. The number of aromatic nitrogens is 3. The first kappa shape index (κ1) is 19.3. The van der Waals surface area contributed by atoms with Crippen molar-refractivity contribution in [3.63, 3.8) is 0 Å². The van der Waals surface area contributed by atoms with E-state index in [0.29, 0.717) is 13.0 Å². The van der Waals surface area contributed by atoms with Crippen LogP contribution >= 0.6 is 0 Å². The van der Waals surface area contributed by atoms with Crippen LogP contribution < -0.4 is 5.73 Å². The average molecular weight is 410 g/mol. The smallest absolute Gasteiger partial charge is 0.127 e. The van der Waals surface area contributed by atoms with E-state index in [0.717, 1.165) is 33.5 Å². The van der Waals surface area contributed by atoms with Crippen molar-refractivity contribution >= 4 is 10.9 Å². The quantitative estimate of drug-likeness (QED) is 0.390. The van der Waals surface area contributed by atoms with Crippen LogP contribution in [0.4, 0.5) is 4.39 Å². The van der Waals surface area contributed by atoms with Gasteiger partial charge in [-0.1, -0.05) is 60.7 Å². The van der Waals surface area contributed by atoms with Gasteiger partial charge in [0.1, 0.15) is 11.6 Å². The summed E-state index contributed by atoms with van der Waals surface area (Å²) in [4.78, 5) is 8.07. The molecule has 2 aromatic heterocycles. The third-order valence-corrected chi connectivity index (χ3v) is 5.57. The number of nitrogens with zero attached hydrogens (tertiary/aromatic N) is 2. The first-order valence-corrected chi connectivity index (χ1v) is 10.3. The summed E-state index contributed by atoms with van der Waals surface area (Å²) in [5.41, 5.74) is 11.7. The molecule has 3 aromatic carbocycles. The predicted octanol–water partition coefficient (Wildman–Crippen LogP) is 5.46. The van der Waals surface area contributed by atoms with Crippen LogP contribution in [0, 0.1) is 5.82 Å². The Labute approximate surface area is 180 Å². The number of benzene rings is 3. The maximum atomic E-state index is 13.5. The molecule has 0 bridgehead atoms. The summed E-state index contributed by atoms with van der Waals surface area (Å²) in [6.07, 6.45) is 4.58. The summed E-state index contributed by atoms with van der Waals surface area (Å²) in [7, 11) is 0. The number of imidazole rings is 1. The molecule has 31 heavy (non-hydrogen) atoms. The zero-order valence-corrected chi connectivity index (χ0v) is 17.0. The molecule has 1 unspecified atom stereocenters. The lowest BCUT2D eigenvalue weighted by molar-refractivity contribution is 0.611. The van der Waals surface area contributed by atoms with E-state index in [1.807, 2.05) is 42.6 Å². The second-order valence-corrected chi connectivity index (χ2v) is 7.78. The molecule has 0 aliphatic heterocycles. The molecule has 2 heterocycles. The highest BCUT2D eigenvalue weighted by Crippen LogP contribution is 2.26. The van der Waals surface area contributed by atoms with Gasteiger partial charge in [0.15, 0.2) is 0 Å². The van der Waals surface area contributed by atoms with Crippen molar-refractivity contribution in [2.75, 3.05) is 0 Å². The van der Waals surface area contributed by atoms with Gasteiger partial charge < -0.3 is 15.3 Å². The van der Waals surface area contributed by atoms with Crippen molar-refractivity contribution in [3.05, 3.63) is 114 Å². The van der Waals surface area contributed by atoms with E-state index in [1.54, 1.807) is 6.07 Å². The van der Waals surface area contributed by atoms with Crippen LogP contribution in [0.25, 0.3) is 22.2 Å². The maximum Gasteiger partial charge on any atom is 0.127 e. The Hall–Kier alpha value is -3.70. The number of fused-ring (bicyclic) bond motifs is 1. The molecule has 154 valence electrons. The van der Waals surface area contributed by atoms with Gasteiger partial charge in [0.2, 0.25) is 0 Å². The standard InChI is InChI=1S/C26H23FN4/c27-21-11-12-22-20(15-29-24(22)14-21)13-23(28)26-30-25(19-9-5-2-6-10-19)17-31(26)16-18-7-3-1-4-8-18/h1-12,14-15,17,23,29H,13,16,28H2. The Morgan fingerprint density at radius 1 is 0.968 bits per heavy atom. The van der Waals surface area contributed by atoms with E-state index in [2.05, 4.69) is 40.0 Å². The number of nitrogens with one attached hydrogen (secondary N) is 1. The average Bonchev–Trinajstić information content (AvgIpc) is 3.39. The van der Waals surface area contributed by atoms with Crippen molar-refractivity contribution in [3.8, 4) is 11.3 Å². The molecule has 0 radical (unpaired) electrons. The minimum atomic E-state index is -0.301. The molecule has 0 saturated carbocycles. The van der Waals surface area contributed by atoms with Crippen molar-refractivity contribution in [1.82, 2.24) is 14.5 Å². The summed E-state index contributed by atoms with van der Waals surface area (Å²) in [6.45, 7) is 0.697. The zero-order chi connectivity index (χ0) is 21.2. The minimum Gasteiger partial charge on any atom is -0.361 e. The Bertz CT molecular complexity index is 1310. The topological polar surface area (TPSA) is 59.6 Å². The van der Waals surface area contributed by atoms with Gasteiger partial charge in [-0.3, -0.25) is 0 Å². The van der Waals surface area contributed by atoms with Crippen LogP contribution in [0.3, 0.4) is 0 Å². The van der Waals surface area contributed by atoms with Crippen LogP contribution in [0.2, 0.25) is 0 Å². The van der Waals surface area contributed by atoms with Crippen LogP contribution in [0.1, 0.15) is 23.0 Å². The van der Waals surface area contributed by atoms with Crippen molar-refractivity contribution in [2.45, 2.75) is 19.0 Å². The Balaban J connectivity index is 1.50. The molecular formula is C26H23FN4. The predicted molar refractivity (Wildman–Crippen MR) is 122 cm³/mol. The third kappa shape index (κ3) is 4.00. The van der Waals surface area contributed by atoms with Crippen LogP contribution in [-0.4, -0.2) is 14.5 Å². The molecule has 5 heteroatoms. The molecule has 5 aromatic rings. The molecule has 0 aliphatic rings. The van der Waals surface area contributed by atoms with Crippen LogP contribution in [0.15, 0.2) is 91.3 Å². The lowest BCUT2D eigenvalue weighted by Crippen LogP contribution is -2.19. The van der Waals surface area contributed by atoms with Gasteiger partial charge in [-0.15, -0.1) is 0 Å². The fourth-order valence-electron chi connectivity index (χ4n) is 4.04. The van der Waals surface area contributed by atoms with E-state index in [4.69, 9.17) is 10.7 Å². The van der Waals surface area contributed by atoms with Gasteiger partial charge in [-0.25, -0.2) is 9.37 Å². The Morgan fingerprint density at radius 2 is 1.71 bits per heavy atom. The second kappa shape index (κ2) is 8.20. The highest BCUT2D eigenvalue weighted by molar-refractivity contribution is 5.83. The maximum absolute atomic E-state index is 13.5. The largest absolute Gasteiger partial charge is 0.361 e. The normalized spacial score (nSPS) is 12.3. The first-order chi connectivity index (χ1) is 15.2. The van der Waals surface area contributed by atoms with Gasteiger partial charge in [-0.05, 0) is 35.7 Å². The summed E-state index contributed by atoms with van der Waals surface area (Å²) in [5, 5.41) is 0.987. The van der Waals surface area contributed by atoms with Crippen LogP contribution in [-0.2, 0) is 13.0 Å². The molecule has 0 fully saturated rings. The van der Waals surface area contributed by atoms with E-state index < -0.39 is 0 Å². The minimum absolute atomic E-state index is 0.254. The van der Waals surface area contributed by atoms with Gasteiger partial charge in [0.05, 0.1) is 11.7 Å². The molecular weight excluding hydrogens is 387 g/mol. The van der Waals surface area contributed by atoms with E-state index in [9.17, 15) is 4.39 Å². The zero-order valence-electron chi connectivity index (χ0n) is 17.0. The van der Waals surface area contributed by atoms with E-state index in [-0.39, 0.29) is 11.9 Å². The van der Waals surface area contributed by atoms with Crippen LogP contribution in [0.5, 0.6) is 0 Å². The SMILES string of the molecule is NC(Cc1c[nH]c2cc(F)ccc12)c1nc(-c2ccccc2)cn1Cc1ccccc1. The number of aromatic amines is 1. The summed E-state index contributed by atoms with van der Waals surface area (Å²) in [6, 6.07) is 24.9. The molecule has 0 saturated heterocycles. The second-order valence-electron chi connectivity index (χ2n) is 7.78. The molecule has 1 atom stereocenters. The Kier molecular flexibility index (Phi) is 5.10. The molecule has 5 rings (SSSR count). The molecule has 0 aliphatic carbocycles. The van der Waals surface area contributed by atoms with Gasteiger partial charge in [0, 0.05) is 35.4 Å². The lowest BCUT2D eigenvalue weighted by atomic mass is 10.0. The van der Waals surface area contributed by atoms with Crippen molar-refractivity contribution in [1.29, 1.82) is 0 Å². The van der Waals surface area contributed by atoms with Gasteiger partial charge in [0.25, 0.3) is 0 Å². The summed E-state index contributed by atoms with van der Waals surface area (Å²) in [5.74, 6) is 0.579. The highest BCUT2D eigenvalue weighted by atomic mass is 19.1. The molecule has 4 nitrogen and oxygen atoms in total. The fraction of sp³-hybridized carbons (Fsp3) is 0.115. The number of hydrogen-bond acceptors (Lipinski definition) is 2. The number of hydrogen-bond donors (Lipinski definition) is 2. The fourth-order valence-corrected chi connectivity index (χ4v) is 4.04. The monoisotopic (exact) mass is 410 g/mol. The summed E-state index contributed by atoms with van der Waals surface area (Å²) >= 11 is 0. The lowest BCUT2D eigenvalue weighted by Gasteiger charge is -2.14. The van der Waals surface area contributed by atoms with Gasteiger partial charge in [-0.2, -0.15) is 0 Å². The third-order valence-electron chi connectivity index (χ3n) is 5.57. The number of halogens is 1.